The molecule has 1 spiro atoms. The first-order valence-corrected chi connectivity index (χ1v) is 15.3. The van der Waals surface area contributed by atoms with Gasteiger partial charge in [0, 0.05) is 16.9 Å². The maximum atomic E-state index is 3.76. The Balaban J connectivity index is 1.22. The second kappa shape index (κ2) is 9.69. The van der Waals surface area contributed by atoms with Gasteiger partial charge in [-0.3, -0.25) is 0 Å². The molecular weight excluding hydrogens is 530 g/mol. The van der Waals surface area contributed by atoms with Gasteiger partial charge >= 0.3 is 0 Å². The van der Waals surface area contributed by atoms with E-state index >= 15 is 0 Å². The maximum Gasteiger partial charge on any atom is 0.0725 e. The molecule has 0 aliphatic heterocycles. The molecule has 206 valence electrons. The molecule has 0 unspecified atom stereocenters. The molecule has 0 heterocycles. The zero-order chi connectivity index (χ0) is 29.1. The minimum atomic E-state index is -0.342. The Bertz CT molecular complexity index is 2140. The monoisotopic (exact) mass is 559 g/mol. The lowest BCUT2D eigenvalue weighted by atomic mass is 9.70. The van der Waals surface area contributed by atoms with Crippen molar-refractivity contribution in [1.29, 1.82) is 0 Å². The van der Waals surface area contributed by atoms with Gasteiger partial charge in [0.25, 0.3) is 0 Å². The van der Waals surface area contributed by atoms with Crippen molar-refractivity contribution in [3.05, 3.63) is 192 Å². The van der Waals surface area contributed by atoms with Crippen LogP contribution in [-0.4, -0.2) is 0 Å². The Kier molecular flexibility index (Phi) is 5.48. The molecular formula is C43H29N. The van der Waals surface area contributed by atoms with E-state index in [2.05, 4.69) is 175 Å². The number of benzene rings is 7. The van der Waals surface area contributed by atoms with Crippen molar-refractivity contribution in [3.8, 4) is 44.5 Å². The molecule has 7 aromatic carbocycles. The lowest BCUT2D eigenvalue weighted by Crippen LogP contribution is -2.25. The average Bonchev–Trinajstić information content (AvgIpc) is 3.57. The van der Waals surface area contributed by atoms with Gasteiger partial charge in [-0.1, -0.05) is 152 Å². The standard InChI is InChI=1S/C43H29N/c1-2-13-29(14-3-1)30-25-27-31(28-26-30)44-41-24-11-7-17-34(41)35-19-12-23-40-42(35)36-18-6-10-22-39(36)43(40)37-20-8-4-15-32(37)33-16-5-9-21-38(33)43/h1-28,44H. The van der Waals surface area contributed by atoms with E-state index in [1.54, 1.807) is 0 Å². The fourth-order valence-electron chi connectivity index (χ4n) is 7.73. The van der Waals surface area contributed by atoms with Gasteiger partial charge < -0.3 is 5.32 Å². The second-order valence-corrected chi connectivity index (χ2v) is 11.7. The number of nitrogens with one attached hydrogen (secondary N) is 1. The molecule has 44 heavy (non-hydrogen) atoms. The molecule has 7 aromatic rings. The van der Waals surface area contributed by atoms with E-state index in [-0.39, 0.29) is 5.41 Å². The number of fused-ring (bicyclic) bond motifs is 10. The van der Waals surface area contributed by atoms with E-state index in [0.717, 1.165) is 11.4 Å². The van der Waals surface area contributed by atoms with Gasteiger partial charge in [-0.2, -0.15) is 0 Å². The molecule has 1 heteroatoms. The third-order valence-corrected chi connectivity index (χ3v) is 9.51. The average molecular weight is 560 g/mol. The highest BCUT2D eigenvalue weighted by molar-refractivity contribution is 6.01. The van der Waals surface area contributed by atoms with E-state index in [1.165, 1.54) is 66.8 Å². The summed E-state index contributed by atoms with van der Waals surface area (Å²) in [6.45, 7) is 0. The van der Waals surface area contributed by atoms with Crippen molar-refractivity contribution < 1.29 is 0 Å². The van der Waals surface area contributed by atoms with Crippen molar-refractivity contribution in [3.63, 3.8) is 0 Å². The van der Waals surface area contributed by atoms with Crippen LogP contribution in [0, 0.1) is 0 Å². The van der Waals surface area contributed by atoms with Gasteiger partial charge in [-0.15, -0.1) is 0 Å². The van der Waals surface area contributed by atoms with Gasteiger partial charge in [-0.25, -0.2) is 0 Å². The molecule has 1 nitrogen and oxygen atoms in total. The fourth-order valence-corrected chi connectivity index (χ4v) is 7.73. The van der Waals surface area contributed by atoms with Crippen LogP contribution in [-0.2, 0) is 5.41 Å². The van der Waals surface area contributed by atoms with Crippen LogP contribution in [0.4, 0.5) is 11.4 Å². The normalized spacial score (nSPS) is 13.2. The van der Waals surface area contributed by atoms with Gasteiger partial charge in [0.05, 0.1) is 5.41 Å². The van der Waals surface area contributed by atoms with Gasteiger partial charge in [0.15, 0.2) is 0 Å². The zero-order valence-electron chi connectivity index (χ0n) is 24.2. The van der Waals surface area contributed by atoms with Crippen LogP contribution in [0.5, 0.6) is 0 Å². The molecule has 0 atom stereocenters. The molecule has 0 saturated carbocycles. The summed E-state index contributed by atoms with van der Waals surface area (Å²) in [4.78, 5) is 0. The SMILES string of the molecule is c1ccc(-c2ccc(Nc3ccccc3-c3cccc4c3-c3ccccc3C43c4ccccc4-c4ccccc43)cc2)cc1. The molecule has 0 bridgehead atoms. The summed E-state index contributed by atoms with van der Waals surface area (Å²) in [6.07, 6.45) is 0. The number of anilines is 2. The lowest BCUT2D eigenvalue weighted by molar-refractivity contribution is 0.794. The zero-order valence-corrected chi connectivity index (χ0v) is 24.2. The van der Waals surface area contributed by atoms with Crippen molar-refractivity contribution >= 4 is 11.4 Å². The first kappa shape index (κ1) is 24.9. The van der Waals surface area contributed by atoms with Gasteiger partial charge in [0.2, 0.25) is 0 Å². The van der Waals surface area contributed by atoms with Crippen LogP contribution < -0.4 is 5.32 Å². The van der Waals surface area contributed by atoms with E-state index in [0.29, 0.717) is 0 Å². The molecule has 2 aliphatic carbocycles. The highest BCUT2D eigenvalue weighted by atomic mass is 14.9. The van der Waals surface area contributed by atoms with E-state index < -0.39 is 0 Å². The second-order valence-electron chi connectivity index (χ2n) is 11.7. The first-order chi connectivity index (χ1) is 21.8. The summed E-state index contributed by atoms with van der Waals surface area (Å²) in [6, 6.07) is 61.9. The van der Waals surface area contributed by atoms with Crippen LogP contribution >= 0.6 is 0 Å². The molecule has 0 amide bonds. The number of hydrogen-bond acceptors (Lipinski definition) is 1. The van der Waals surface area contributed by atoms with Crippen molar-refractivity contribution in [2.75, 3.05) is 5.32 Å². The lowest BCUT2D eigenvalue weighted by Gasteiger charge is -2.30. The molecule has 0 fully saturated rings. The van der Waals surface area contributed by atoms with Crippen molar-refractivity contribution in [2.24, 2.45) is 0 Å². The number of rotatable bonds is 4. The summed E-state index contributed by atoms with van der Waals surface area (Å²) in [7, 11) is 0. The predicted octanol–water partition coefficient (Wildman–Crippen LogP) is 11.1. The minimum Gasteiger partial charge on any atom is -0.355 e. The van der Waals surface area contributed by atoms with Crippen molar-refractivity contribution in [1.82, 2.24) is 0 Å². The summed E-state index contributed by atoms with van der Waals surface area (Å²) in [5.74, 6) is 0. The minimum absolute atomic E-state index is 0.342. The highest BCUT2D eigenvalue weighted by Gasteiger charge is 2.51. The molecule has 0 aromatic heterocycles. The molecule has 0 saturated heterocycles. The van der Waals surface area contributed by atoms with Crippen LogP contribution in [0.2, 0.25) is 0 Å². The smallest absolute Gasteiger partial charge is 0.0725 e. The Morgan fingerprint density at radius 1 is 0.318 bits per heavy atom. The van der Waals surface area contributed by atoms with Gasteiger partial charge in [0.1, 0.15) is 0 Å². The van der Waals surface area contributed by atoms with Crippen molar-refractivity contribution in [2.45, 2.75) is 5.41 Å². The van der Waals surface area contributed by atoms with Gasteiger partial charge in [-0.05, 0) is 79.4 Å². The van der Waals surface area contributed by atoms with Crippen LogP contribution in [0.25, 0.3) is 44.5 Å². The van der Waals surface area contributed by atoms with E-state index in [1.807, 2.05) is 0 Å². The molecule has 0 radical (unpaired) electrons. The number of para-hydroxylation sites is 1. The summed E-state index contributed by atoms with van der Waals surface area (Å²) in [5.41, 5.74) is 17.5. The quantitative estimate of drug-likeness (QED) is 0.226. The van der Waals surface area contributed by atoms with E-state index in [9.17, 15) is 0 Å². The summed E-state index contributed by atoms with van der Waals surface area (Å²) < 4.78 is 0. The predicted molar refractivity (Wildman–Crippen MR) is 183 cm³/mol. The Morgan fingerprint density at radius 3 is 1.48 bits per heavy atom. The summed E-state index contributed by atoms with van der Waals surface area (Å²) in [5, 5.41) is 3.76. The first-order valence-electron chi connectivity index (χ1n) is 15.3. The number of hydrogen-bond donors (Lipinski definition) is 1. The Morgan fingerprint density at radius 2 is 0.795 bits per heavy atom. The largest absolute Gasteiger partial charge is 0.355 e. The topological polar surface area (TPSA) is 12.0 Å². The molecule has 1 N–H and O–H groups in total. The van der Waals surface area contributed by atoms with Crippen LogP contribution in [0.3, 0.4) is 0 Å². The molecule has 2 aliphatic rings. The molecule has 9 rings (SSSR count). The van der Waals surface area contributed by atoms with Crippen LogP contribution in [0.15, 0.2) is 170 Å². The van der Waals surface area contributed by atoms with E-state index in [4.69, 9.17) is 0 Å². The fraction of sp³-hybridized carbons (Fsp3) is 0.0233. The summed E-state index contributed by atoms with van der Waals surface area (Å²) >= 11 is 0. The maximum absolute atomic E-state index is 3.76. The third-order valence-electron chi connectivity index (χ3n) is 9.51. The highest BCUT2D eigenvalue weighted by Crippen LogP contribution is 2.64. The Labute approximate surface area is 258 Å². The Hall–Kier alpha value is -5.66. The van der Waals surface area contributed by atoms with Crippen LogP contribution in [0.1, 0.15) is 22.3 Å². The third kappa shape index (κ3) is 3.47.